The Balaban J connectivity index is 0.00000300. The van der Waals surface area contributed by atoms with Crippen molar-refractivity contribution in [3.8, 4) is 0 Å². The van der Waals surface area contributed by atoms with Crippen molar-refractivity contribution < 1.29 is 0 Å². The minimum Gasteiger partial charge on any atom is -0.357 e. The Morgan fingerprint density at radius 1 is 1.14 bits per heavy atom. The van der Waals surface area contributed by atoms with Crippen LogP contribution in [0.4, 0.5) is 0 Å². The number of halogens is 1. The summed E-state index contributed by atoms with van der Waals surface area (Å²) in [7, 11) is 1.98. The number of benzene rings is 1. The summed E-state index contributed by atoms with van der Waals surface area (Å²) in [6, 6.07) is 10.5. The minimum atomic E-state index is 0. The summed E-state index contributed by atoms with van der Waals surface area (Å²) in [5, 5.41) is 11.7. The zero-order valence-electron chi connectivity index (χ0n) is 17.6. The zero-order valence-corrected chi connectivity index (χ0v) is 19.9. The second-order valence-electron chi connectivity index (χ2n) is 6.99. The Morgan fingerprint density at radius 2 is 1.86 bits per heavy atom. The van der Waals surface area contributed by atoms with Crippen LogP contribution in [0.1, 0.15) is 24.1 Å². The van der Waals surface area contributed by atoms with E-state index in [0.717, 1.165) is 56.9 Å². The van der Waals surface area contributed by atoms with Crippen LogP contribution in [-0.4, -0.2) is 69.8 Å². The summed E-state index contributed by atoms with van der Waals surface area (Å²) < 4.78 is 1.99. The van der Waals surface area contributed by atoms with E-state index in [4.69, 9.17) is 4.99 Å². The van der Waals surface area contributed by atoms with Gasteiger partial charge in [0.15, 0.2) is 11.8 Å². The van der Waals surface area contributed by atoms with Crippen LogP contribution in [0.25, 0.3) is 6.08 Å². The summed E-state index contributed by atoms with van der Waals surface area (Å²) >= 11 is 0. The monoisotopic (exact) mass is 509 g/mol. The van der Waals surface area contributed by atoms with E-state index in [0.29, 0.717) is 6.54 Å². The van der Waals surface area contributed by atoms with Gasteiger partial charge in [-0.3, -0.25) is 4.90 Å². The number of hydrogen-bond donors (Lipinski definition) is 1. The van der Waals surface area contributed by atoms with E-state index in [1.165, 1.54) is 5.56 Å². The third-order valence-corrected chi connectivity index (χ3v) is 5.03. The number of guanidine groups is 1. The number of aromatic nitrogens is 3. The predicted molar refractivity (Wildman–Crippen MR) is 129 cm³/mol. The summed E-state index contributed by atoms with van der Waals surface area (Å²) in [6.45, 7) is 10.5. The second-order valence-corrected chi connectivity index (χ2v) is 6.99. The molecule has 0 atom stereocenters. The molecule has 2 heterocycles. The lowest BCUT2D eigenvalue weighted by atomic mass is 10.2. The topological polar surface area (TPSA) is 61.6 Å². The summed E-state index contributed by atoms with van der Waals surface area (Å²) in [5.74, 6) is 2.76. The van der Waals surface area contributed by atoms with E-state index >= 15 is 0 Å². The quantitative estimate of drug-likeness (QED) is 0.369. The first kappa shape index (κ1) is 23.3. The molecule has 158 valence electrons. The predicted octanol–water partition coefficient (Wildman–Crippen LogP) is 2.54. The smallest absolute Gasteiger partial charge is 0.194 e. The van der Waals surface area contributed by atoms with Crippen molar-refractivity contribution in [1.82, 2.24) is 29.9 Å². The highest BCUT2D eigenvalue weighted by atomic mass is 127. The Hall–Kier alpha value is -1.94. The number of hydrogen-bond acceptors (Lipinski definition) is 4. The maximum atomic E-state index is 4.78. The first-order valence-electron chi connectivity index (χ1n) is 9.99. The van der Waals surface area contributed by atoms with Crippen molar-refractivity contribution in [2.75, 3.05) is 39.3 Å². The molecular formula is C21H32IN7. The molecule has 0 radical (unpaired) electrons. The molecule has 7 nitrogen and oxygen atoms in total. The van der Waals surface area contributed by atoms with Crippen LogP contribution >= 0.6 is 24.0 Å². The van der Waals surface area contributed by atoms with Crippen molar-refractivity contribution >= 4 is 36.0 Å². The van der Waals surface area contributed by atoms with E-state index in [2.05, 4.69) is 68.7 Å². The Kier molecular flexibility index (Phi) is 9.59. The van der Waals surface area contributed by atoms with Gasteiger partial charge < -0.3 is 14.8 Å². The number of nitrogens with one attached hydrogen (secondary N) is 1. The first-order valence-corrected chi connectivity index (χ1v) is 9.99. The maximum absolute atomic E-state index is 4.78. The zero-order chi connectivity index (χ0) is 19.8. The van der Waals surface area contributed by atoms with Crippen molar-refractivity contribution in [3.63, 3.8) is 0 Å². The van der Waals surface area contributed by atoms with Gasteiger partial charge in [-0.1, -0.05) is 42.5 Å². The number of rotatable bonds is 6. The lowest BCUT2D eigenvalue weighted by Crippen LogP contribution is -2.52. The van der Waals surface area contributed by atoms with Gasteiger partial charge in [0.05, 0.1) is 0 Å². The highest BCUT2D eigenvalue weighted by Gasteiger charge is 2.19. The molecule has 1 aliphatic heterocycles. The van der Waals surface area contributed by atoms with E-state index in [9.17, 15) is 0 Å². The van der Waals surface area contributed by atoms with Crippen molar-refractivity contribution in [3.05, 3.63) is 53.6 Å². The summed E-state index contributed by atoms with van der Waals surface area (Å²) in [4.78, 5) is 9.60. The molecule has 1 aliphatic rings. The van der Waals surface area contributed by atoms with Crippen molar-refractivity contribution in [2.45, 2.75) is 20.4 Å². The molecule has 0 spiro atoms. The molecule has 0 aliphatic carbocycles. The largest absolute Gasteiger partial charge is 0.357 e. The molecule has 0 unspecified atom stereocenters. The maximum Gasteiger partial charge on any atom is 0.194 e. The van der Waals surface area contributed by atoms with E-state index in [-0.39, 0.29) is 24.0 Å². The van der Waals surface area contributed by atoms with Gasteiger partial charge in [0.1, 0.15) is 12.4 Å². The SMILES string of the molecule is CCNC(=NCc1nnc(C)n1C)N1CCN(C/C=C/c2ccccc2)CC1.I. The highest BCUT2D eigenvalue weighted by molar-refractivity contribution is 14.0. The molecule has 29 heavy (non-hydrogen) atoms. The lowest BCUT2D eigenvalue weighted by molar-refractivity contribution is 0.194. The molecule has 8 heteroatoms. The van der Waals surface area contributed by atoms with Crippen molar-refractivity contribution in [2.24, 2.45) is 12.0 Å². The third kappa shape index (κ3) is 6.81. The fourth-order valence-electron chi connectivity index (χ4n) is 3.20. The minimum absolute atomic E-state index is 0. The Bertz CT molecular complexity index is 793. The molecule has 1 aromatic heterocycles. The molecular weight excluding hydrogens is 477 g/mol. The van der Waals surface area contributed by atoms with Gasteiger partial charge in [0.2, 0.25) is 0 Å². The first-order chi connectivity index (χ1) is 13.7. The van der Waals surface area contributed by atoms with E-state index in [1.807, 2.05) is 24.6 Å². The standard InChI is InChI=1S/C21H31N7.HI/c1-4-22-21(23-17-20-25-24-18(2)26(20)3)28-15-13-27(14-16-28)12-8-11-19-9-6-5-7-10-19;/h5-11H,4,12-17H2,1-3H3,(H,22,23);1H/b11-8+;. The molecule has 0 saturated carbocycles. The van der Waals surface area contributed by atoms with Crippen molar-refractivity contribution in [1.29, 1.82) is 0 Å². The van der Waals surface area contributed by atoms with Crippen LogP contribution in [0.2, 0.25) is 0 Å². The van der Waals surface area contributed by atoms with Crippen LogP contribution in [0.3, 0.4) is 0 Å². The fraction of sp³-hybridized carbons (Fsp3) is 0.476. The number of aliphatic imine (C=N–C) groups is 1. The summed E-state index contributed by atoms with van der Waals surface area (Å²) in [5.41, 5.74) is 1.25. The summed E-state index contributed by atoms with van der Waals surface area (Å²) in [6.07, 6.45) is 4.45. The average molecular weight is 509 g/mol. The molecule has 2 aromatic rings. The van der Waals surface area contributed by atoms with Gasteiger partial charge in [-0.25, -0.2) is 4.99 Å². The second kappa shape index (κ2) is 11.9. The average Bonchev–Trinajstić information content (AvgIpc) is 3.05. The molecule has 1 N–H and O–H groups in total. The van der Waals surface area contributed by atoms with Crippen LogP contribution in [0, 0.1) is 6.92 Å². The van der Waals surface area contributed by atoms with Gasteiger partial charge >= 0.3 is 0 Å². The van der Waals surface area contributed by atoms with Gasteiger partial charge in [-0.05, 0) is 19.4 Å². The fourth-order valence-corrected chi connectivity index (χ4v) is 3.20. The number of nitrogens with zero attached hydrogens (tertiary/aromatic N) is 6. The van der Waals surface area contributed by atoms with E-state index < -0.39 is 0 Å². The highest BCUT2D eigenvalue weighted by Crippen LogP contribution is 2.06. The lowest BCUT2D eigenvalue weighted by Gasteiger charge is -2.36. The molecule has 0 amide bonds. The Labute approximate surface area is 190 Å². The Morgan fingerprint density at radius 3 is 2.48 bits per heavy atom. The van der Waals surface area contributed by atoms with Gasteiger partial charge in [-0.2, -0.15) is 0 Å². The van der Waals surface area contributed by atoms with Gasteiger partial charge in [0.25, 0.3) is 0 Å². The normalized spacial score (nSPS) is 15.6. The van der Waals surface area contributed by atoms with Crippen LogP contribution in [0.15, 0.2) is 41.4 Å². The number of piperazine rings is 1. The third-order valence-electron chi connectivity index (χ3n) is 5.03. The van der Waals surface area contributed by atoms with Crippen LogP contribution in [-0.2, 0) is 13.6 Å². The number of aryl methyl sites for hydroxylation is 1. The molecule has 0 bridgehead atoms. The molecule has 1 fully saturated rings. The van der Waals surface area contributed by atoms with Gasteiger partial charge in [-0.15, -0.1) is 34.2 Å². The molecule has 3 rings (SSSR count). The van der Waals surface area contributed by atoms with Gasteiger partial charge in [0, 0.05) is 46.3 Å². The van der Waals surface area contributed by atoms with Crippen LogP contribution in [0.5, 0.6) is 0 Å². The molecule has 1 aromatic carbocycles. The van der Waals surface area contributed by atoms with E-state index in [1.54, 1.807) is 0 Å². The molecule has 1 saturated heterocycles. The van der Waals surface area contributed by atoms with Crippen LogP contribution < -0.4 is 5.32 Å².